The molecule has 0 saturated carbocycles. The predicted octanol–water partition coefficient (Wildman–Crippen LogP) is 3.06. The van der Waals surface area contributed by atoms with Crippen LogP contribution in [0.5, 0.6) is 0 Å². The lowest BCUT2D eigenvalue weighted by atomic mass is 9.98. The average Bonchev–Trinajstić information content (AvgIpc) is 2.56. The van der Waals surface area contributed by atoms with Gasteiger partial charge >= 0.3 is 0 Å². The number of aliphatic hydroxyl groups is 1. The summed E-state index contributed by atoms with van der Waals surface area (Å²) < 4.78 is 13.7. The fraction of sp³-hybridized carbons (Fsp3) is 0.333. The molecule has 23 heavy (non-hydrogen) atoms. The van der Waals surface area contributed by atoms with Crippen LogP contribution >= 0.6 is 11.8 Å². The van der Waals surface area contributed by atoms with Gasteiger partial charge in [0, 0.05) is 23.7 Å². The monoisotopic (exact) mass is 332 g/mol. The van der Waals surface area contributed by atoms with Crippen LogP contribution in [0.4, 0.5) is 10.1 Å². The van der Waals surface area contributed by atoms with Crippen molar-refractivity contribution in [2.45, 2.75) is 17.0 Å². The molecule has 0 bridgehead atoms. The third kappa shape index (κ3) is 3.52. The molecule has 122 valence electrons. The first-order valence-electron chi connectivity index (χ1n) is 7.77. The average molecular weight is 332 g/mol. The van der Waals surface area contributed by atoms with Crippen LogP contribution in [0.15, 0.2) is 53.4 Å². The Balaban J connectivity index is 2.02. The predicted molar refractivity (Wildman–Crippen MR) is 93.6 cm³/mol. The number of thioether (sulfide) groups is 1. The van der Waals surface area contributed by atoms with Crippen LogP contribution in [0.1, 0.15) is 11.6 Å². The molecule has 0 aromatic heterocycles. The number of para-hydroxylation sites is 1. The number of aliphatic hydroxyl groups excluding tert-OH is 1. The first kappa shape index (κ1) is 16.3. The second-order valence-corrected chi connectivity index (χ2v) is 6.77. The minimum absolute atomic E-state index is 0.274. The molecule has 0 radical (unpaired) electrons. The minimum Gasteiger partial charge on any atom is -0.389 e. The Morgan fingerprint density at radius 2 is 2.09 bits per heavy atom. The zero-order valence-corrected chi connectivity index (χ0v) is 13.9. The van der Waals surface area contributed by atoms with Crippen molar-refractivity contribution in [1.29, 1.82) is 0 Å². The lowest BCUT2D eigenvalue weighted by Crippen LogP contribution is -2.43. The Labute approximate surface area is 140 Å². The van der Waals surface area contributed by atoms with Gasteiger partial charge in [-0.1, -0.05) is 24.3 Å². The van der Waals surface area contributed by atoms with E-state index in [4.69, 9.17) is 0 Å². The van der Waals surface area contributed by atoms with E-state index in [1.165, 1.54) is 17.0 Å². The molecule has 1 heterocycles. The van der Waals surface area contributed by atoms with Crippen molar-refractivity contribution in [2.75, 3.05) is 30.8 Å². The van der Waals surface area contributed by atoms with Gasteiger partial charge in [0.15, 0.2) is 0 Å². The lowest BCUT2D eigenvalue weighted by molar-refractivity contribution is 0.140. The first-order valence-corrected chi connectivity index (χ1v) is 8.76. The van der Waals surface area contributed by atoms with Crippen LogP contribution in [-0.4, -0.2) is 37.1 Å². The molecule has 3 nitrogen and oxygen atoms in total. The van der Waals surface area contributed by atoms with E-state index in [9.17, 15) is 9.50 Å². The maximum absolute atomic E-state index is 13.7. The molecule has 1 aliphatic heterocycles. The molecule has 2 atom stereocenters. The quantitative estimate of drug-likeness (QED) is 0.882. The number of hydrogen-bond acceptors (Lipinski definition) is 4. The molecule has 0 fully saturated rings. The second kappa shape index (κ2) is 7.34. The number of likely N-dealkylation sites (N-methyl/N-ethyl adjacent to an activating group) is 1. The van der Waals surface area contributed by atoms with Crippen molar-refractivity contribution in [2.24, 2.45) is 0 Å². The standard InChI is InChI=1S/C18H21FN2OS/c1-20-12-16(22)18(13-5-4-6-14(19)11-13)21-9-10-23-17-8-3-2-7-15(17)21/h2-8,11,16,18,20,22H,9-10,12H2,1H3. The molecule has 2 aromatic carbocycles. The highest BCUT2D eigenvalue weighted by molar-refractivity contribution is 7.99. The molecule has 2 unspecified atom stereocenters. The largest absolute Gasteiger partial charge is 0.389 e. The molecular weight excluding hydrogens is 311 g/mol. The van der Waals surface area contributed by atoms with E-state index >= 15 is 0 Å². The molecule has 2 N–H and O–H groups in total. The number of anilines is 1. The number of benzene rings is 2. The van der Waals surface area contributed by atoms with Crippen LogP contribution in [0.3, 0.4) is 0 Å². The van der Waals surface area contributed by atoms with Gasteiger partial charge in [-0.05, 0) is 36.9 Å². The van der Waals surface area contributed by atoms with Gasteiger partial charge in [-0.15, -0.1) is 11.8 Å². The van der Waals surface area contributed by atoms with E-state index in [-0.39, 0.29) is 11.9 Å². The Morgan fingerprint density at radius 3 is 2.87 bits per heavy atom. The third-order valence-corrected chi connectivity index (χ3v) is 5.11. The Kier molecular flexibility index (Phi) is 5.20. The smallest absolute Gasteiger partial charge is 0.123 e. The summed E-state index contributed by atoms with van der Waals surface area (Å²) in [6.07, 6.45) is -0.627. The van der Waals surface area contributed by atoms with Crippen LogP contribution in [0.25, 0.3) is 0 Å². The molecule has 0 saturated heterocycles. The van der Waals surface area contributed by atoms with Crippen molar-refractivity contribution >= 4 is 17.4 Å². The third-order valence-electron chi connectivity index (χ3n) is 4.07. The number of nitrogens with one attached hydrogen (secondary N) is 1. The van der Waals surface area contributed by atoms with Crippen molar-refractivity contribution in [3.8, 4) is 0 Å². The molecule has 2 aromatic rings. The SMILES string of the molecule is CNCC(O)C(c1cccc(F)c1)N1CCSc2ccccc21. The van der Waals surface area contributed by atoms with Crippen molar-refractivity contribution < 1.29 is 9.50 Å². The van der Waals surface area contributed by atoms with Gasteiger partial charge in [0.25, 0.3) is 0 Å². The molecule has 0 amide bonds. The number of rotatable bonds is 5. The fourth-order valence-electron chi connectivity index (χ4n) is 3.10. The molecular formula is C18H21FN2OS. The summed E-state index contributed by atoms with van der Waals surface area (Å²) >= 11 is 1.82. The van der Waals surface area contributed by atoms with Gasteiger partial charge in [0.2, 0.25) is 0 Å². The Morgan fingerprint density at radius 1 is 1.26 bits per heavy atom. The molecule has 3 rings (SSSR count). The molecule has 0 spiro atoms. The Hall–Kier alpha value is -1.56. The number of halogens is 1. The summed E-state index contributed by atoms with van der Waals surface area (Å²) in [5.74, 6) is 0.679. The second-order valence-electron chi connectivity index (χ2n) is 5.63. The van der Waals surface area contributed by atoms with Crippen LogP contribution in [0.2, 0.25) is 0 Å². The zero-order chi connectivity index (χ0) is 16.2. The van der Waals surface area contributed by atoms with E-state index in [0.717, 1.165) is 23.5 Å². The highest BCUT2D eigenvalue weighted by Crippen LogP contribution is 2.40. The van der Waals surface area contributed by atoms with E-state index in [0.29, 0.717) is 6.54 Å². The van der Waals surface area contributed by atoms with E-state index in [2.05, 4.69) is 22.3 Å². The molecule has 5 heteroatoms. The molecule has 0 aliphatic carbocycles. The van der Waals surface area contributed by atoms with Crippen LogP contribution in [-0.2, 0) is 0 Å². The summed E-state index contributed by atoms with van der Waals surface area (Å²) in [4.78, 5) is 3.40. The van der Waals surface area contributed by atoms with Crippen LogP contribution in [0, 0.1) is 5.82 Å². The summed E-state index contributed by atoms with van der Waals surface area (Å²) in [5.41, 5.74) is 1.91. The van der Waals surface area contributed by atoms with Gasteiger partial charge in [-0.2, -0.15) is 0 Å². The normalized spacial score (nSPS) is 16.7. The first-order chi connectivity index (χ1) is 11.2. The summed E-state index contributed by atoms with van der Waals surface area (Å²) in [6.45, 7) is 1.27. The highest BCUT2D eigenvalue weighted by Gasteiger charge is 2.31. The van der Waals surface area contributed by atoms with E-state index < -0.39 is 6.10 Å². The minimum atomic E-state index is -0.627. The van der Waals surface area contributed by atoms with Gasteiger partial charge in [0.1, 0.15) is 5.82 Å². The maximum Gasteiger partial charge on any atom is 0.123 e. The Bertz CT molecular complexity index is 667. The van der Waals surface area contributed by atoms with E-state index in [1.54, 1.807) is 6.07 Å². The number of nitrogens with zero attached hydrogens (tertiary/aromatic N) is 1. The number of hydrogen-bond donors (Lipinski definition) is 2. The van der Waals surface area contributed by atoms with Crippen LogP contribution < -0.4 is 10.2 Å². The summed E-state index contributed by atoms with van der Waals surface area (Å²) in [5, 5.41) is 13.7. The maximum atomic E-state index is 13.7. The summed E-state index contributed by atoms with van der Waals surface area (Å²) in [7, 11) is 1.81. The highest BCUT2D eigenvalue weighted by atomic mass is 32.2. The zero-order valence-electron chi connectivity index (χ0n) is 13.1. The van der Waals surface area contributed by atoms with Gasteiger partial charge in [-0.3, -0.25) is 0 Å². The van der Waals surface area contributed by atoms with Crippen molar-refractivity contribution in [3.63, 3.8) is 0 Å². The van der Waals surface area contributed by atoms with Gasteiger partial charge in [0.05, 0.1) is 17.8 Å². The number of fused-ring (bicyclic) bond motifs is 1. The fourth-order valence-corrected chi connectivity index (χ4v) is 4.12. The summed E-state index contributed by atoms with van der Waals surface area (Å²) in [6, 6.07) is 14.5. The van der Waals surface area contributed by atoms with Gasteiger partial charge in [-0.25, -0.2) is 4.39 Å². The van der Waals surface area contributed by atoms with Crippen molar-refractivity contribution in [1.82, 2.24) is 5.32 Å². The van der Waals surface area contributed by atoms with Crippen molar-refractivity contribution in [3.05, 3.63) is 59.9 Å². The van der Waals surface area contributed by atoms with E-state index in [1.807, 2.05) is 37.0 Å². The topological polar surface area (TPSA) is 35.5 Å². The molecule has 1 aliphatic rings. The lowest BCUT2D eigenvalue weighted by Gasteiger charge is -2.40. The van der Waals surface area contributed by atoms with Gasteiger partial charge < -0.3 is 15.3 Å².